The summed E-state index contributed by atoms with van der Waals surface area (Å²) < 4.78 is 0. The minimum absolute atomic E-state index is 0.218. The zero-order valence-electron chi connectivity index (χ0n) is 21.6. The van der Waals surface area contributed by atoms with E-state index in [1.54, 1.807) is 0 Å². The Morgan fingerprint density at radius 1 is 0.647 bits per heavy atom. The van der Waals surface area contributed by atoms with Gasteiger partial charge in [-0.3, -0.25) is 0 Å². The smallest absolute Gasteiger partial charge is 0.0449 e. The summed E-state index contributed by atoms with van der Waals surface area (Å²) in [6.07, 6.45) is 2.31. The van der Waals surface area contributed by atoms with Crippen molar-refractivity contribution in [1.29, 1.82) is 0 Å². The van der Waals surface area contributed by atoms with Crippen LogP contribution in [0.2, 0.25) is 0 Å². The van der Waals surface area contributed by atoms with Crippen LogP contribution in [0.1, 0.15) is 88.8 Å². The Kier molecular flexibility index (Phi) is 5.89. The molecule has 0 fully saturated rings. The van der Waals surface area contributed by atoms with E-state index in [0.717, 1.165) is 12.8 Å². The van der Waals surface area contributed by atoms with Crippen LogP contribution >= 0.6 is 22.7 Å². The van der Waals surface area contributed by atoms with Gasteiger partial charge in [-0.15, -0.1) is 22.7 Å². The number of fused-ring (bicyclic) bond motifs is 3. The largest absolute Gasteiger partial charge is 0.139 e. The van der Waals surface area contributed by atoms with E-state index in [1.807, 2.05) is 22.7 Å². The molecule has 34 heavy (non-hydrogen) atoms. The maximum Gasteiger partial charge on any atom is 0.0449 e. The van der Waals surface area contributed by atoms with Crippen molar-refractivity contribution in [3.05, 3.63) is 82.2 Å². The molecule has 0 radical (unpaired) electrons. The molecule has 2 heterocycles. The summed E-state index contributed by atoms with van der Waals surface area (Å²) in [5, 5.41) is 0. The van der Waals surface area contributed by atoms with Gasteiger partial charge >= 0.3 is 0 Å². The molecule has 0 saturated carbocycles. The zero-order valence-corrected chi connectivity index (χ0v) is 23.2. The van der Waals surface area contributed by atoms with Gasteiger partial charge in [0, 0.05) is 25.4 Å². The molecule has 0 amide bonds. The molecule has 0 spiro atoms. The lowest BCUT2D eigenvalue weighted by atomic mass is 9.80. The third-order valence-corrected chi connectivity index (χ3v) is 11.1. The second kappa shape index (κ2) is 8.50. The topological polar surface area (TPSA) is 0 Å². The molecule has 1 unspecified atom stereocenters. The van der Waals surface area contributed by atoms with E-state index in [-0.39, 0.29) is 10.8 Å². The van der Waals surface area contributed by atoms with E-state index in [4.69, 9.17) is 0 Å². The van der Waals surface area contributed by atoms with Gasteiger partial charge in [0.1, 0.15) is 0 Å². The molecule has 0 aliphatic heterocycles. The number of rotatable bonds is 6. The Morgan fingerprint density at radius 3 is 1.94 bits per heavy atom. The van der Waals surface area contributed by atoms with Gasteiger partial charge in [-0.05, 0) is 87.4 Å². The first-order valence-electron chi connectivity index (χ1n) is 12.6. The van der Waals surface area contributed by atoms with E-state index in [9.17, 15) is 0 Å². The van der Waals surface area contributed by atoms with Gasteiger partial charge in [0.05, 0.1) is 0 Å². The first-order valence-corrected chi connectivity index (χ1v) is 14.3. The second-order valence-electron chi connectivity index (χ2n) is 11.1. The van der Waals surface area contributed by atoms with Gasteiger partial charge in [0.2, 0.25) is 0 Å². The van der Waals surface area contributed by atoms with Crippen LogP contribution in [0.3, 0.4) is 0 Å². The fourth-order valence-corrected chi connectivity index (χ4v) is 7.18. The number of thiophene rings is 2. The average molecular weight is 485 g/mol. The van der Waals surface area contributed by atoms with Crippen molar-refractivity contribution in [2.24, 2.45) is 0 Å². The van der Waals surface area contributed by atoms with E-state index >= 15 is 0 Å². The van der Waals surface area contributed by atoms with Crippen LogP contribution in [0.4, 0.5) is 0 Å². The highest BCUT2D eigenvalue weighted by atomic mass is 32.1. The van der Waals surface area contributed by atoms with Gasteiger partial charge in [-0.25, -0.2) is 0 Å². The molecule has 2 aromatic carbocycles. The Balaban J connectivity index is 1.46. The van der Waals surface area contributed by atoms with E-state index in [0.29, 0.717) is 5.92 Å². The monoisotopic (exact) mass is 484 g/mol. The molecule has 0 saturated heterocycles. The standard InChI is InChI=1S/C32H36S2/c1-8-31(4,5)22-11-13-24-23-12-10-21(18-25(23)20(3)26(24)19-22)27-14-15-28(33-27)29-16-17-30(34-29)32(6,7)9-2/h10-20H,8-9H2,1-7H3. The molecule has 1 aliphatic carbocycles. The van der Waals surface area contributed by atoms with Gasteiger partial charge in [-0.1, -0.05) is 78.8 Å². The lowest BCUT2D eigenvalue weighted by molar-refractivity contribution is 0.505. The molecule has 0 nitrogen and oxygen atoms in total. The highest BCUT2D eigenvalue weighted by Crippen LogP contribution is 2.48. The fraction of sp³-hybridized carbons (Fsp3) is 0.375. The van der Waals surface area contributed by atoms with E-state index in [1.165, 1.54) is 52.9 Å². The van der Waals surface area contributed by atoms with Crippen molar-refractivity contribution < 1.29 is 0 Å². The van der Waals surface area contributed by atoms with Gasteiger partial charge < -0.3 is 0 Å². The van der Waals surface area contributed by atoms with Crippen LogP contribution < -0.4 is 0 Å². The van der Waals surface area contributed by atoms with Gasteiger partial charge in [0.15, 0.2) is 0 Å². The Bertz CT molecular complexity index is 1350. The van der Waals surface area contributed by atoms with E-state index < -0.39 is 0 Å². The highest BCUT2D eigenvalue weighted by molar-refractivity contribution is 7.24. The normalized spacial score (nSPS) is 15.4. The number of benzene rings is 2. The maximum absolute atomic E-state index is 2.47. The predicted octanol–water partition coefficient (Wildman–Crippen LogP) is 10.7. The van der Waals surface area contributed by atoms with Crippen molar-refractivity contribution in [3.8, 4) is 31.3 Å². The van der Waals surface area contributed by atoms with Crippen LogP contribution in [-0.4, -0.2) is 0 Å². The third kappa shape index (κ3) is 3.89. The van der Waals surface area contributed by atoms with Crippen LogP contribution in [0.5, 0.6) is 0 Å². The number of hydrogen-bond donors (Lipinski definition) is 0. The molecule has 1 aliphatic rings. The predicted molar refractivity (Wildman–Crippen MR) is 153 cm³/mol. The molecule has 2 heteroatoms. The summed E-state index contributed by atoms with van der Waals surface area (Å²) >= 11 is 3.87. The van der Waals surface area contributed by atoms with Gasteiger partial charge in [0.25, 0.3) is 0 Å². The maximum atomic E-state index is 2.47. The quantitative estimate of drug-likeness (QED) is 0.255. The van der Waals surface area contributed by atoms with Crippen molar-refractivity contribution in [2.75, 3.05) is 0 Å². The molecule has 176 valence electrons. The molecule has 0 bridgehead atoms. The molecular formula is C32H36S2. The average Bonchev–Trinajstić information content (AvgIpc) is 3.58. The van der Waals surface area contributed by atoms with Crippen molar-refractivity contribution >= 4 is 22.7 Å². The molecule has 1 atom stereocenters. The fourth-order valence-electron chi connectivity index (χ4n) is 4.91. The minimum atomic E-state index is 0.218. The third-order valence-electron chi connectivity index (χ3n) is 8.28. The van der Waals surface area contributed by atoms with Gasteiger partial charge in [-0.2, -0.15) is 0 Å². The van der Waals surface area contributed by atoms with Crippen molar-refractivity contribution in [3.63, 3.8) is 0 Å². The lowest BCUT2D eigenvalue weighted by Crippen LogP contribution is -2.15. The molecule has 4 aromatic rings. The molecule has 5 rings (SSSR count). The zero-order chi connectivity index (χ0) is 24.3. The lowest BCUT2D eigenvalue weighted by Gasteiger charge is -2.24. The van der Waals surface area contributed by atoms with Crippen LogP contribution in [0.25, 0.3) is 31.3 Å². The first-order chi connectivity index (χ1) is 16.1. The highest BCUT2D eigenvalue weighted by Gasteiger charge is 2.28. The molecular weight excluding hydrogens is 448 g/mol. The first kappa shape index (κ1) is 23.6. The van der Waals surface area contributed by atoms with Crippen molar-refractivity contribution in [2.45, 2.75) is 78.1 Å². The molecule has 0 N–H and O–H groups in total. The van der Waals surface area contributed by atoms with Crippen molar-refractivity contribution in [1.82, 2.24) is 0 Å². The second-order valence-corrected chi connectivity index (χ2v) is 13.3. The SMILES string of the molecule is CCC(C)(C)c1ccc2c(c1)C(C)c1cc(-c3ccc(-c4ccc(C(C)(C)CC)s4)s3)ccc1-2. The summed E-state index contributed by atoms with van der Waals surface area (Å²) in [5.74, 6) is 0.438. The van der Waals surface area contributed by atoms with Crippen LogP contribution in [0.15, 0.2) is 60.7 Å². The number of hydrogen-bond acceptors (Lipinski definition) is 2. The summed E-state index contributed by atoms with van der Waals surface area (Å²) in [4.78, 5) is 5.61. The molecule has 2 aromatic heterocycles. The summed E-state index contributed by atoms with van der Waals surface area (Å²) in [7, 11) is 0. The Labute approximate surface area is 213 Å². The summed E-state index contributed by atoms with van der Waals surface area (Å²) in [5.41, 5.74) is 9.05. The van der Waals surface area contributed by atoms with Crippen LogP contribution in [-0.2, 0) is 10.8 Å². The minimum Gasteiger partial charge on any atom is -0.139 e. The Hall–Kier alpha value is -2.16. The summed E-state index contributed by atoms with van der Waals surface area (Å²) in [6.45, 7) is 16.3. The Morgan fingerprint density at radius 2 is 1.24 bits per heavy atom. The van der Waals surface area contributed by atoms with E-state index in [2.05, 4.69) is 109 Å². The van der Waals surface area contributed by atoms with Crippen LogP contribution in [0, 0.1) is 0 Å². The summed E-state index contributed by atoms with van der Waals surface area (Å²) in [6, 6.07) is 23.5.